The second kappa shape index (κ2) is 5.27. The minimum atomic E-state index is -0.0150. The number of carbonyl (C=O) groups excluding carboxylic acids is 1. The summed E-state index contributed by atoms with van der Waals surface area (Å²) < 4.78 is 0.891. The summed E-state index contributed by atoms with van der Waals surface area (Å²) in [6, 6.07) is 5.81. The van der Waals surface area contributed by atoms with Crippen LogP contribution in [-0.2, 0) is 0 Å². The maximum atomic E-state index is 12.6. The van der Waals surface area contributed by atoms with E-state index in [0.29, 0.717) is 28.5 Å². The van der Waals surface area contributed by atoms with Crippen molar-refractivity contribution in [2.45, 2.75) is 38.1 Å². The third-order valence-electron chi connectivity index (χ3n) is 5.70. The first-order chi connectivity index (χ1) is 10.1. The molecular formula is C17H19BrClNO. The minimum Gasteiger partial charge on any atom is -0.349 e. The van der Waals surface area contributed by atoms with Crippen LogP contribution in [0.5, 0.6) is 0 Å². The van der Waals surface area contributed by atoms with Crippen molar-refractivity contribution in [3.05, 3.63) is 33.3 Å². The molecule has 4 saturated carbocycles. The molecule has 4 fully saturated rings. The van der Waals surface area contributed by atoms with Crippen LogP contribution in [0.2, 0.25) is 5.02 Å². The number of nitrogens with one attached hydrogen (secondary N) is 1. The summed E-state index contributed by atoms with van der Waals surface area (Å²) in [4.78, 5) is 12.6. The molecule has 112 valence electrons. The van der Waals surface area contributed by atoms with Crippen LogP contribution in [-0.4, -0.2) is 11.9 Å². The van der Waals surface area contributed by atoms with Gasteiger partial charge in [0.15, 0.2) is 0 Å². The summed E-state index contributed by atoms with van der Waals surface area (Å²) in [5.41, 5.74) is 0.583. The molecule has 0 radical (unpaired) electrons. The van der Waals surface area contributed by atoms with Crippen LogP contribution in [0.15, 0.2) is 22.7 Å². The van der Waals surface area contributed by atoms with Crippen molar-refractivity contribution in [2.75, 3.05) is 0 Å². The van der Waals surface area contributed by atoms with Gasteiger partial charge in [-0.15, -0.1) is 0 Å². The standard InChI is InChI=1S/C17H19BrClNO/c18-13-1-2-15(19)14(8-13)17(21)20-16-11-4-9-3-10(6-11)7-12(16)5-9/h1-2,8-12,16H,3-7H2,(H,20,21). The number of amides is 1. The maximum Gasteiger partial charge on any atom is 0.253 e. The van der Waals surface area contributed by atoms with E-state index < -0.39 is 0 Å². The minimum absolute atomic E-state index is 0.0150. The summed E-state index contributed by atoms with van der Waals surface area (Å²) in [5, 5.41) is 3.83. The van der Waals surface area contributed by atoms with E-state index >= 15 is 0 Å². The topological polar surface area (TPSA) is 29.1 Å². The van der Waals surface area contributed by atoms with Gasteiger partial charge in [0.1, 0.15) is 0 Å². The Morgan fingerprint density at radius 1 is 1.10 bits per heavy atom. The third-order valence-corrected chi connectivity index (χ3v) is 6.52. The zero-order valence-corrected chi connectivity index (χ0v) is 14.2. The Morgan fingerprint density at radius 2 is 1.71 bits per heavy atom. The highest BCUT2D eigenvalue weighted by Gasteiger charge is 2.48. The quantitative estimate of drug-likeness (QED) is 0.808. The van der Waals surface area contributed by atoms with Crippen LogP contribution in [0.25, 0.3) is 0 Å². The van der Waals surface area contributed by atoms with Gasteiger partial charge in [-0.2, -0.15) is 0 Å². The first-order valence-corrected chi connectivity index (χ1v) is 9.03. The molecule has 0 spiro atoms. The average molecular weight is 369 g/mol. The largest absolute Gasteiger partial charge is 0.349 e. The zero-order chi connectivity index (χ0) is 14.6. The fraction of sp³-hybridized carbons (Fsp3) is 0.588. The molecule has 4 aliphatic carbocycles. The number of carbonyl (C=O) groups is 1. The van der Waals surface area contributed by atoms with Crippen LogP contribution in [0, 0.1) is 23.7 Å². The molecule has 4 heteroatoms. The van der Waals surface area contributed by atoms with Gasteiger partial charge in [-0.3, -0.25) is 4.79 Å². The van der Waals surface area contributed by atoms with E-state index in [4.69, 9.17) is 11.6 Å². The SMILES string of the molecule is O=C(NC1C2CC3CC(C2)CC1C3)c1cc(Br)ccc1Cl. The second-order valence-corrected chi connectivity index (χ2v) is 8.38. The summed E-state index contributed by atoms with van der Waals surface area (Å²) in [7, 11) is 0. The lowest BCUT2D eigenvalue weighted by Gasteiger charge is -2.54. The molecule has 1 N–H and O–H groups in total. The van der Waals surface area contributed by atoms with Gasteiger partial charge in [0.05, 0.1) is 10.6 Å². The van der Waals surface area contributed by atoms with E-state index in [1.54, 1.807) is 6.07 Å². The van der Waals surface area contributed by atoms with E-state index in [1.165, 1.54) is 32.1 Å². The fourth-order valence-electron chi connectivity index (χ4n) is 5.06. The molecule has 4 bridgehead atoms. The van der Waals surface area contributed by atoms with E-state index in [1.807, 2.05) is 12.1 Å². The van der Waals surface area contributed by atoms with Crippen molar-refractivity contribution >= 4 is 33.4 Å². The van der Waals surface area contributed by atoms with Gasteiger partial charge in [0.25, 0.3) is 5.91 Å². The summed E-state index contributed by atoms with van der Waals surface area (Å²) >= 11 is 9.59. The third kappa shape index (κ3) is 2.53. The second-order valence-electron chi connectivity index (χ2n) is 7.05. The van der Waals surface area contributed by atoms with Gasteiger partial charge in [-0.05, 0) is 74.0 Å². The van der Waals surface area contributed by atoms with Gasteiger partial charge in [0, 0.05) is 10.5 Å². The zero-order valence-electron chi connectivity index (χ0n) is 11.8. The summed E-state index contributed by atoms with van der Waals surface area (Å²) in [5.74, 6) is 3.22. The Hall–Kier alpha value is -0.540. The van der Waals surface area contributed by atoms with Gasteiger partial charge in [-0.1, -0.05) is 27.5 Å². The molecule has 1 aromatic rings. The average Bonchev–Trinajstić information content (AvgIpc) is 2.44. The highest BCUT2D eigenvalue weighted by molar-refractivity contribution is 9.10. The number of halogens is 2. The molecule has 0 atom stereocenters. The van der Waals surface area contributed by atoms with Gasteiger partial charge in [-0.25, -0.2) is 0 Å². The number of hydrogen-bond acceptors (Lipinski definition) is 1. The highest BCUT2D eigenvalue weighted by atomic mass is 79.9. The van der Waals surface area contributed by atoms with Gasteiger partial charge < -0.3 is 5.32 Å². The predicted molar refractivity (Wildman–Crippen MR) is 87.5 cm³/mol. The molecule has 21 heavy (non-hydrogen) atoms. The van der Waals surface area contributed by atoms with Crippen LogP contribution in [0.4, 0.5) is 0 Å². The Labute approximate surface area is 138 Å². The van der Waals surface area contributed by atoms with E-state index in [0.717, 1.165) is 16.3 Å². The van der Waals surface area contributed by atoms with Crippen molar-refractivity contribution in [1.29, 1.82) is 0 Å². The molecule has 0 saturated heterocycles. The van der Waals surface area contributed by atoms with Crippen molar-refractivity contribution < 1.29 is 4.79 Å². The predicted octanol–water partition coefficient (Wildman–Crippen LogP) is 4.66. The smallest absolute Gasteiger partial charge is 0.253 e. The van der Waals surface area contributed by atoms with Crippen LogP contribution in [0.1, 0.15) is 42.5 Å². The van der Waals surface area contributed by atoms with E-state index in [2.05, 4.69) is 21.2 Å². The summed E-state index contributed by atoms with van der Waals surface area (Å²) in [6.07, 6.45) is 6.67. The molecule has 2 nitrogen and oxygen atoms in total. The molecule has 1 amide bonds. The monoisotopic (exact) mass is 367 g/mol. The van der Waals surface area contributed by atoms with Gasteiger partial charge >= 0.3 is 0 Å². The molecule has 4 aliphatic rings. The lowest BCUT2D eigenvalue weighted by Crippen LogP contribution is -2.55. The summed E-state index contributed by atoms with van der Waals surface area (Å²) in [6.45, 7) is 0. The lowest BCUT2D eigenvalue weighted by atomic mass is 9.54. The van der Waals surface area contributed by atoms with Crippen molar-refractivity contribution in [3.8, 4) is 0 Å². The van der Waals surface area contributed by atoms with Gasteiger partial charge in [0.2, 0.25) is 0 Å². The van der Waals surface area contributed by atoms with Crippen molar-refractivity contribution in [1.82, 2.24) is 5.32 Å². The number of hydrogen-bond donors (Lipinski definition) is 1. The Kier molecular flexibility index (Phi) is 3.54. The molecular weight excluding hydrogens is 350 g/mol. The van der Waals surface area contributed by atoms with Crippen LogP contribution in [0.3, 0.4) is 0 Å². The fourth-order valence-corrected chi connectivity index (χ4v) is 5.63. The van der Waals surface area contributed by atoms with E-state index in [9.17, 15) is 4.79 Å². The molecule has 1 aromatic carbocycles. The molecule has 5 rings (SSSR count). The van der Waals surface area contributed by atoms with Crippen molar-refractivity contribution in [2.24, 2.45) is 23.7 Å². The van der Waals surface area contributed by atoms with Crippen molar-refractivity contribution in [3.63, 3.8) is 0 Å². The van der Waals surface area contributed by atoms with Crippen LogP contribution >= 0.6 is 27.5 Å². The first kappa shape index (κ1) is 14.1. The molecule has 0 heterocycles. The molecule has 0 aromatic heterocycles. The number of benzene rings is 1. The highest BCUT2D eigenvalue weighted by Crippen LogP contribution is 2.53. The normalized spacial score (nSPS) is 36.8. The lowest BCUT2D eigenvalue weighted by molar-refractivity contribution is -0.0119. The number of rotatable bonds is 2. The van der Waals surface area contributed by atoms with Crippen LogP contribution < -0.4 is 5.32 Å². The maximum absolute atomic E-state index is 12.6. The Morgan fingerprint density at radius 3 is 2.33 bits per heavy atom. The molecule has 0 aliphatic heterocycles. The van der Waals surface area contributed by atoms with E-state index in [-0.39, 0.29) is 5.91 Å². The first-order valence-electron chi connectivity index (χ1n) is 7.86. The Bertz CT molecular complexity index is 560. The molecule has 0 unspecified atom stereocenters. The Balaban J connectivity index is 1.53.